The summed E-state index contributed by atoms with van der Waals surface area (Å²) in [6.07, 6.45) is 3.82. The van der Waals surface area contributed by atoms with Gasteiger partial charge in [-0.05, 0) is 39.5 Å². The Labute approximate surface area is 133 Å². The summed E-state index contributed by atoms with van der Waals surface area (Å²) < 4.78 is 0.944. The van der Waals surface area contributed by atoms with Gasteiger partial charge in [-0.2, -0.15) is 0 Å². The fraction of sp³-hybridized carbons (Fsp3) is 0.0714. The lowest BCUT2D eigenvalue weighted by Gasteiger charge is -2.06. The SMILES string of the molecule is O=C(O)/C=C/c1cccnc1C(=O)NCc1sccc1Br. The summed E-state index contributed by atoms with van der Waals surface area (Å²) in [4.78, 5) is 27.7. The third-order valence-electron chi connectivity index (χ3n) is 2.56. The van der Waals surface area contributed by atoms with Crippen molar-refractivity contribution in [2.75, 3.05) is 0 Å². The molecule has 0 spiro atoms. The van der Waals surface area contributed by atoms with E-state index < -0.39 is 5.97 Å². The van der Waals surface area contributed by atoms with Crippen molar-refractivity contribution in [2.45, 2.75) is 6.54 Å². The molecule has 0 radical (unpaired) electrons. The monoisotopic (exact) mass is 366 g/mol. The molecule has 0 bridgehead atoms. The third kappa shape index (κ3) is 4.24. The molecule has 7 heteroatoms. The zero-order valence-corrected chi connectivity index (χ0v) is 13.1. The van der Waals surface area contributed by atoms with E-state index in [4.69, 9.17) is 5.11 Å². The Bertz CT molecular complexity index is 697. The third-order valence-corrected chi connectivity index (χ3v) is 4.49. The van der Waals surface area contributed by atoms with Crippen LogP contribution in [0.1, 0.15) is 20.9 Å². The summed E-state index contributed by atoms with van der Waals surface area (Å²) in [5.41, 5.74) is 0.658. The first-order valence-corrected chi connectivity index (χ1v) is 7.61. The molecule has 5 nitrogen and oxygen atoms in total. The molecule has 0 aliphatic heterocycles. The number of aliphatic carboxylic acids is 1. The Morgan fingerprint density at radius 2 is 2.24 bits per heavy atom. The number of amides is 1. The molecular weight excluding hydrogens is 356 g/mol. The van der Waals surface area contributed by atoms with Gasteiger partial charge in [-0.1, -0.05) is 6.07 Å². The minimum atomic E-state index is -1.08. The van der Waals surface area contributed by atoms with Gasteiger partial charge in [-0.25, -0.2) is 4.79 Å². The van der Waals surface area contributed by atoms with E-state index in [-0.39, 0.29) is 11.6 Å². The van der Waals surface area contributed by atoms with Gasteiger partial charge in [-0.15, -0.1) is 11.3 Å². The summed E-state index contributed by atoms with van der Waals surface area (Å²) in [6, 6.07) is 5.20. The average molecular weight is 367 g/mol. The van der Waals surface area contributed by atoms with E-state index in [2.05, 4.69) is 26.2 Å². The number of nitrogens with zero attached hydrogens (tertiary/aromatic N) is 1. The van der Waals surface area contributed by atoms with Gasteiger partial charge >= 0.3 is 5.97 Å². The molecule has 2 aromatic rings. The highest BCUT2D eigenvalue weighted by Crippen LogP contribution is 2.22. The van der Waals surface area contributed by atoms with Crippen LogP contribution < -0.4 is 5.32 Å². The molecule has 2 heterocycles. The first kappa shape index (κ1) is 15.4. The first-order chi connectivity index (χ1) is 10.1. The zero-order chi connectivity index (χ0) is 15.2. The predicted molar refractivity (Wildman–Crippen MR) is 84.1 cm³/mol. The van der Waals surface area contributed by atoms with Gasteiger partial charge in [0.2, 0.25) is 0 Å². The van der Waals surface area contributed by atoms with Gasteiger partial charge in [-0.3, -0.25) is 9.78 Å². The molecular formula is C14H11BrN2O3S. The second kappa shape index (κ2) is 7.14. The molecule has 0 unspecified atom stereocenters. The largest absolute Gasteiger partial charge is 0.478 e. The van der Waals surface area contributed by atoms with Crippen molar-refractivity contribution >= 4 is 45.2 Å². The van der Waals surface area contributed by atoms with Gasteiger partial charge in [0.1, 0.15) is 5.69 Å². The fourth-order valence-electron chi connectivity index (χ4n) is 1.60. The molecule has 2 aromatic heterocycles. The Kier molecular flexibility index (Phi) is 5.24. The molecule has 108 valence electrons. The number of thiophene rings is 1. The number of hydrogen-bond acceptors (Lipinski definition) is 4. The maximum absolute atomic E-state index is 12.2. The van der Waals surface area contributed by atoms with E-state index in [0.717, 1.165) is 15.4 Å². The van der Waals surface area contributed by atoms with Crippen molar-refractivity contribution in [3.8, 4) is 0 Å². The highest BCUT2D eigenvalue weighted by Gasteiger charge is 2.12. The molecule has 0 aliphatic carbocycles. The number of nitrogens with one attached hydrogen (secondary N) is 1. The normalized spacial score (nSPS) is 10.7. The van der Waals surface area contributed by atoms with Crippen LogP contribution in [0.2, 0.25) is 0 Å². The number of pyridine rings is 1. The van der Waals surface area contributed by atoms with E-state index in [1.54, 1.807) is 12.1 Å². The number of hydrogen-bond donors (Lipinski definition) is 2. The summed E-state index contributed by atoms with van der Waals surface area (Å²) >= 11 is 4.93. The lowest BCUT2D eigenvalue weighted by Crippen LogP contribution is -2.24. The van der Waals surface area contributed by atoms with Crippen LogP contribution in [0, 0.1) is 0 Å². The van der Waals surface area contributed by atoms with Gasteiger partial charge in [0.25, 0.3) is 5.91 Å². The van der Waals surface area contributed by atoms with E-state index in [9.17, 15) is 9.59 Å². The topological polar surface area (TPSA) is 79.3 Å². The van der Waals surface area contributed by atoms with Crippen molar-refractivity contribution in [1.29, 1.82) is 0 Å². The number of carboxylic acids is 1. The van der Waals surface area contributed by atoms with Crippen molar-refractivity contribution in [3.05, 3.63) is 56.5 Å². The lowest BCUT2D eigenvalue weighted by atomic mass is 10.1. The number of carbonyl (C=O) groups is 2. The average Bonchev–Trinajstić information content (AvgIpc) is 2.88. The number of rotatable bonds is 5. The van der Waals surface area contributed by atoms with Crippen LogP contribution in [0.4, 0.5) is 0 Å². The van der Waals surface area contributed by atoms with Crippen LogP contribution in [0.5, 0.6) is 0 Å². The molecule has 0 saturated heterocycles. The highest BCUT2D eigenvalue weighted by molar-refractivity contribution is 9.10. The van der Waals surface area contributed by atoms with Gasteiger partial charge < -0.3 is 10.4 Å². The number of halogens is 1. The van der Waals surface area contributed by atoms with Crippen LogP contribution in [0.15, 0.2) is 40.3 Å². The highest BCUT2D eigenvalue weighted by atomic mass is 79.9. The van der Waals surface area contributed by atoms with Gasteiger partial charge in [0.05, 0.1) is 6.54 Å². The number of carboxylic acid groups (broad SMARTS) is 1. The molecule has 1 amide bonds. The fourth-order valence-corrected chi connectivity index (χ4v) is 3.03. The molecule has 2 rings (SSSR count). The Morgan fingerprint density at radius 1 is 1.43 bits per heavy atom. The van der Waals surface area contributed by atoms with Crippen molar-refractivity contribution in [3.63, 3.8) is 0 Å². The molecule has 0 aromatic carbocycles. The van der Waals surface area contributed by atoms with Crippen molar-refractivity contribution in [2.24, 2.45) is 0 Å². The second-order valence-corrected chi connectivity index (χ2v) is 5.84. The smallest absolute Gasteiger partial charge is 0.328 e. The van der Waals surface area contributed by atoms with E-state index in [1.165, 1.54) is 23.6 Å². The van der Waals surface area contributed by atoms with E-state index in [0.29, 0.717) is 12.1 Å². The van der Waals surface area contributed by atoms with E-state index >= 15 is 0 Å². The summed E-state index contributed by atoms with van der Waals surface area (Å²) in [5.74, 6) is -1.42. The quantitative estimate of drug-likeness (QED) is 0.797. The molecule has 0 saturated carbocycles. The summed E-state index contributed by atoms with van der Waals surface area (Å²) in [5, 5.41) is 13.3. The van der Waals surface area contributed by atoms with Crippen LogP contribution in [0.25, 0.3) is 6.08 Å². The lowest BCUT2D eigenvalue weighted by molar-refractivity contribution is -0.131. The molecule has 2 N–H and O–H groups in total. The van der Waals surface area contributed by atoms with Crippen LogP contribution >= 0.6 is 27.3 Å². The maximum Gasteiger partial charge on any atom is 0.328 e. The summed E-state index contributed by atoms with van der Waals surface area (Å²) in [6.45, 7) is 0.385. The number of aromatic nitrogens is 1. The van der Waals surface area contributed by atoms with Crippen molar-refractivity contribution < 1.29 is 14.7 Å². The Balaban J connectivity index is 2.12. The van der Waals surface area contributed by atoms with Crippen LogP contribution in [-0.4, -0.2) is 22.0 Å². The number of carbonyl (C=O) groups excluding carboxylic acids is 1. The molecule has 21 heavy (non-hydrogen) atoms. The minimum Gasteiger partial charge on any atom is -0.478 e. The Hall–Kier alpha value is -1.99. The van der Waals surface area contributed by atoms with Gasteiger partial charge in [0.15, 0.2) is 0 Å². The second-order valence-electron chi connectivity index (χ2n) is 3.99. The summed E-state index contributed by atoms with van der Waals surface area (Å²) in [7, 11) is 0. The molecule has 0 fully saturated rings. The van der Waals surface area contributed by atoms with Crippen LogP contribution in [-0.2, 0) is 11.3 Å². The van der Waals surface area contributed by atoms with Crippen molar-refractivity contribution in [1.82, 2.24) is 10.3 Å². The zero-order valence-electron chi connectivity index (χ0n) is 10.7. The molecule has 0 aliphatic rings. The van der Waals surface area contributed by atoms with Gasteiger partial charge in [0, 0.05) is 27.2 Å². The molecule has 0 atom stereocenters. The minimum absolute atomic E-state index is 0.197. The standard InChI is InChI=1S/C14H11BrN2O3S/c15-10-5-7-21-11(10)8-17-14(20)13-9(2-1-6-16-13)3-4-12(18)19/h1-7H,8H2,(H,17,20)(H,18,19)/b4-3+. The predicted octanol–water partition coefficient (Wildman–Crippen LogP) is 2.93. The first-order valence-electron chi connectivity index (χ1n) is 5.94. The van der Waals surface area contributed by atoms with E-state index in [1.807, 2.05) is 11.4 Å². The Morgan fingerprint density at radius 3 is 2.90 bits per heavy atom. The van der Waals surface area contributed by atoms with Crippen LogP contribution in [0.3, 0.4) is 0 Å². The maximum atomic E-state index is 12.2.